The zero-order valence-electron chi connectivity index (χ0n) is 15.2. The molecule has 0 bridgehead atoms. The van der Waals surface area contributed by atoms with Crippen LogP contribution < -0.4 is 5.32 Å². The molecule has 0 amide bonds. The van der Waals surface area contributed by atoms with E-state index in [-0.39, 0.29) is 12.1 Å². The summed E-state index contributed by atoms with van der Waals surface area (Å²) in [4.78, 5) is 19.1. The lowest BCUT2D eigenvalue weighted by molar-refractivity contribution is -0.394. The number of halogens is 12. The fourth-order valence-electron chi connectivity index (χ4n) is 2.63. The minimum atomic E-state index is -5.65. The van der Waals surface area contributed by atoms with Crippen LogP contribution in [0.25, 0.3) is 0 Å². The number of nitrogens with one attached hydrogen (secondary N) is 1. The molecule has 0 aromatic heterocycles. The molecule has 0 saturated heterocycles. The average Bonchev–Trinajstić information content (AvgIpc) is 2.62. The summed E-state index contributed by atoms with van der Waals surface area (Å²) in [5.41, 5.74) is -13.3. The third-order valence-corrected chi connectivity index (χ3v) is 5.60. The summed E-state index contributed by atoms with van der Waals surface area (Å²) < 4.78 is 120. The normalized spacial score (nSPS) is 12.6. The van der Waals surface area contributed by atoms with Crippen LogP contribution in [0.15, 0.2) is 16.6 Å². The molecule has 2 aromatic rings. The van der Waals surface area contributed by atoms with Crippen molar-refractivity contribution in [1.29, 1.82) is 0 Å². The Balaban J connectivity index is 3.08. The summed E-state index contributed by atoms with van der Waals surface area (Å²) in [6, 6.07) is -0.278. The highest BCUT2D eigenvalue weighted by molar-refractivity contribution is 9.10. The lowest BCUT2D eigenvalue weighted by Gasteiger charge is -2.23. The molecule has 0 radical (unpaired) electrons. The second-order valence-electron chi connectivity index (χ2n) is 6.09. The minimum Gasteiger partial charge on any atom is -0.348 e. The van der Waals surface area contributed by atoms with Gasteiger partial charge in [0.15, 0.2) is 0 Å². The number of nitro benzene ring substituents is 2. The van der Waals surface area contributed by atoms with Crippen LogP contribution >= 0.6 is 39.1 Å². The van der Waals surface area contributed by atoms with E-state index in [0.29, 0.717) is 0 Å². The van der Waals surface area contributed by atoms with E-state index in [4.69, 9.17) is 23.2 Å². The van der Waals surface area contributed by atoms with Crippen molar-refractivity contribution in [3.05, 3.63) is 63.6 Å². The number of benzene rings is 2. The Hall–Kier alpha value is -2.53. The lowest BCUT2D eigenvalue weighted by atomic mass is 10.0. The molecular formula is C15H3BrCl2F9N3O4. The summed E-state index contributed by atoms with van der Waals surface area (Å²) in [6.07, 6.45) is -16.8. The molecule has 0 spiro atoms. The number of nitro groups is 2. The van der Waals surface area contributed by atoms with Crippen LogP contribution in [-0.4, -0.2) is 9.85 Å². The van der Waals surface area contributed by atoms with Gasteiger partial charge in [-0.1, -0.05) is 23.2 Å². The van der Waals surface area contributed by atoms with E-state index < -0.39 is 82.3 Å². The number of anilines is 2. The predicted octanol–water partition coefficient (Wildman–Crippen LogP) is 8.37. The Bertz CT molecular complexity index is 1200. The van der Waals surface area contributed by atoms with Crippen LogP contribution in [0.3, 0.4) is 0 Å². The van der Waals surface area contributed by atoms with Crippen molar-refractivity contribution in [1.82, 2.24) is 0 Å². The predicted molar refractivity (Wildman–Crippen MR) is 102 cm³/mol. The van der Waals surface area contributed by atoms with Gasteiger partial charge in [0, 0.05) is 6.07 Å². The van der Waals surface area contributed by atoms with Gasteiger partial charge in [-0.25, -0.2) is 0 Å². The third kappa shape index (κ3) is 5.25. The number of hydrogen-bond acceptors (Lipinski definition) is 5. The Morgan fingerprint density at radius 2 is 1.24 bits per heavy atom. The summed E-state index contributed by atoms with van der Waals surface area (Å²) >= 11 is 12.9. The fourth-order valence-corrected chi connectivity index (χ4v) is 4.06. The van der Waals surface area contributed by atoms with Gasteiger partial charge in [-0.2, -0.15) is 39.5 Å². The second kappa shape index (κ2) is 8.92. The Morgan fingerprint density at radius 1 is 0.765 bits per heavy atom. The minimum absolute atomic E-state index is 0.0269. The van der Waals surface area contributed by atoms with Crippen LogP contribution in [0.1, 0.15) is 16.7 Å². The summed E-state index contributed by atoms with van der Waals surface area (Å²) in [6.45, 7) is 0. The highest BCUT2D eigenvalue weighted by Gasteiger charge is 2.46. The first kappa shape index (κ1) is 27.7. The number of nitrogens with zero attached hydrogens (tertiary/aromatic N) is 2. The van der Waals surface area contributed by atoms with Crippen LogP contribution in [0.4, 0.5) is 62.3 Å². The highest BCUT2D eigenvalue weighted by atomic mass is 79.9. The number of alkyl halides is 9. The van der Waals surface area contributed by atoms with E-state index >= 15 is 0 Å². The summed E-state index contributed by atoms with van der Waals surface area (Å²) in [7, 11) is 0. The van der Waals surface area contributed by atoms with Crippen molar-refractivity contribution in [2.24, 2.45) is 0 Å². The molecule has 0 atom stereocenters. The molecule has 2 rings (SSSR count). The standard InChI is InChI=1S/C15H3BrCl2F9N3O4/c16-8-6(14(22,23)24)9(17)10(18)7(15(25,26)27)12(8)28-11-4(13(19,20)21)1-3(29(31)32)2-5(11)30(33)34/h1-2,28H. The van der Waals surface area contributed by atoms with Crippen molar-refractivity contribution in [2.45, 2.75) is 18.5 Å². The van der Waals surface area contributed by atoms with Gasteiger partial charge in [-0.05, 0) is 15.9 Å². The quantitative estimate of drug-likeness (QED) is 0.162. The van der Waals surface area contributed by atoms with Crippen molar-refractivity contribution >= 4 is 61.9 Å². The van der Waals surface area contributed by atoms with Crippen molar-refractivity contribution in [3.8, 4) is 0 Å². The molecule has 0 heterocycles. The van der Waals surface area contributed by atoms with E-state index in [2.05, 4.69) is 15.9 Å². The maximum atomic E-state index is 13.6. The molecule has 0 aliphatic heterocycles. The molecule has 186 valence electrons. The SMILES string of the molecule is O=[N+]([O-])c1cc([N+](=O)[O-])c(Nc2c(Br)c(C(F)(F)F)c(Cl)c(Cl)c2C(F)(F)F)c(C(F)(F)F)c1. The van der Waals surface area contributed by atoms with Crippen LogP contribution in [0.2, 0.25) is 10.0 Å². The topological polar surface area (TPSA) is 98.3 Å². The first-order chi connectivity index (χ1) is 15.2. The average molecular weight is 611 g/mol. The first-order valence-corrected chi connectivity index (χ1v) is 9.40. The van der Waals surface area contributed by atoms with E-state index in [1.165, 1.54) is 5.32 Å². The van der Waals surface area contributed by atoms with E-state index in [1.807, 2.05) is 0 Å². The van der Waals surface area contributed by atoms with Gasteiger partial charge in [0.05, 0.1) is 47.2 Å². The maximum absolute atomic E-state index is 13.6. The molecule has 34 heavy (non-hydrogen) atoms. The van der Waals surface area contributed by atoms with Gasteiger partial charge in [0.1, 0.15) is 11.3 Å². The molecule has 0 saturated carbocycles. The van der Waals surface area contributed by atoms with Crippen LogP contribution in [0, 0.1) is 20.2 Å². The maximum Gasteiger partial charge on any atom is 0.419 e. The zero-order chi connectivity index (χ0) is 26.5. The highest BCUT2D eigenvalue weighted by Crippen LogP contribution is 2.54. The van der Waals surface area contributed by atoms with Gasteiger partial charge in [0.25, 0.3) is 11.4 Å². The largest absolute Gasteiger partial charge is 0.419 e. The van der Waals surface area contributed by atoms with Gasteiger partial charge in [0.2, 0.25) is 0 Å². The number of rotatable bonds is 4. The Labute approximate surface area is 198 Å². The first-order valence-electron chi connectivity index (χ1n) is 7.85. The molecule has 2 aromatic carbocycles. The second-order valence-corrected chi connectivity index (χ2v) is 7.64. The van der Waals surface area contributed by atoms with Gasteiger partial charge >= 0.3 is 18.5 Å². The fraction of sp³-hybridized carbons (Fsp3) is 0.200. The molecule has 0 unspecified atom stereocenters. The van der Waals surface area contributed by atoms with Gasteiger partial charge in [-0.3, -0.25) is 20.2 Å². The van der Waals surface area contributed by atoms with Gasteiger partial charge < -0.3 is 5.32 Å². The van der Waals surface area contributed by atoms with E-state index in [0.717, 1.165) is 0 Å². The molecule has 0 aliphatic rings. The van der Waals surface area contributed by atoms with Crippen molar-refractivity contribution < 1.29 is 49.4 Å². The summed E-state index contributed by atoms with van der Waals surface area (Å²) in [5.74, 6) is 0. The molecule has 0 aliphatic carbocycles. The van der Waals surface area contributed by atoms with Crippen LogP contribution in [-0.2, 0) is 18.5 Å². The smallest absolute Gasteiger partial charge is 0.348 e. The Kier molecular flexibility index (Phi) is 7.27. The van der Waals surface area contributed by atoms with E-state index in [9.17, 15) is 59.7 Å². The number of hydrogen-bond donors (Lipinski definition) is 1. The molecule has 1 N–H and O–H groups in total. The van der Waals surface area contributed by atoms with Crippen molar-refractivity contribution in [3.63, 3.8) is 0 Å². The third-order valence-electron chi connectivity index (χ3n) is 3.95. The zero-order valence-corrected chi connectivity index (χ0v) is 18.3. The molecular weight excluding hydrogens is 608 g/mol. The lowest BCUT2D eigenvalue weighted by Crippen LogP contribution is -2.18. The molecule has 0 fully saturated rings. The Morgan fingerprint density at radius 3 is 1.62 bits per heavy atom. The number of non-ortho nitro benzene ring substituents is 1. The molecule has 7 nitrogen and oxygen atoms in total. The van der Waals surface area contributed by atoms with Crippen molar-refractivity contribution in [2.75, 3.05) is 5.32 Å². The van der Waals surface area contributed by atoms with Gasteiger partial charge in [-0.15, -0.1) is 0 Å². The van der Waals surface area contributed by atoms with E-state index in [1.54, 1.807) is 0 Å². The molecule has 19 heteroatoms. The summed E-state index contributed by atoms with van der Waals surface area (Å²) in [5, 5.41) is 20.1. The van der Waals surface area contributed by atoms with Crippen LogP contribution in [0.5, 0.6) is 0 Å². The monoisotopic (exact) mass is 609 g/mol.